The van der Waals surface area contributed by atoms with E-state index in [4.69, 9.17) is 0 Å². The van der Waals surface area contributed by atoms with E-state index in [1.54, 1.807) is 7.05 Å². The van der Waals surface area contributed by atoms with Crippen LogP contribution in [0.1, 0.15) is 43.0 Å². The molecule has 1 aromatic rings. The van der Waals surface area contributed by atoms with Crippen LogP contribution in [-0.4, -0.2) is 24.4 Å². The monoisotopic (exact) mass is 291 g/mol. The molecule has 0 saturated heterocycles. The van der Waals surface area contributed by atoms with Gasteiger partial charge < -0.3 is 10.6 Å². The van der Waals surface area contributed by atoms with Crippen LogP contribution in [0.4, 0.5) is 11.4 Å². The van der Waals surface area contributed by atoms with Gasteiger partial charge in [0.1, 0.15) is 5.69 Å². The van der Waals surface area contributed by atoms with Gasteiger partial charge in [-0.1, -0.05) is 19.8 Å². The summed E-state index contributed by atoms with van der Waals surface area (Å²) in [7, 11) is 1.60. The third-order valence-corrected chi connectivity index (χ3v) is 4.21. The molecule has 0 unspecified atom stereocenters. The molecule has 1 amide bonds. The molecule has 0 radical (unpaired) electrons. The molecule has 1 aliphatic rings. The molecular weight excluding hydrogens is 270 g/mol. The Hall–Kier alpha value is -2.11. The van der Waals surface area contributed by atoms with Crippen LogP contribution < -0.4 is 10.6 Å². The first kappa shape index (κ1) is 15.3. The molecule has 0 spiro atoms. The lowest BCUT2D eigenvalue weighted by Gasteiger charge is -2.23. The number of carbonyl (C=O) groups excluding carboxylic acids is 1. The SMILES string of the molecule is CNc1cc(C(=O)NCC2(C)CCCC2)ccc1[N+](=O)[O-]. The first-order valence-corrected chi connectivity index (χ1v) is 7.20. The molecule has 0 aromatic heterocycles. The van der Waals surface area contributed by atoms with E-state index in [9.17, 15) is 14.9 Å². The Labute approximate surface area is 124 Å². The minimum Gasteiger partial charge on any atom is -0.383 e. The number of carbonyl (C=O) groups is 1. The molecule has 21 heavy (non-hydrogen) atoms. The van der Waals surface area contributed by atoms with Crippen LogP contribution in [0.2, 0.25) is 0 Å². The van der Waals surface area contributed by atoms with E-state index in [1.807, 2.05) is 0 Å². The zero-order valence-corrected chi connectivity index (χ0v) is 12.4. The van der Waals surface area contributed by atoms with Gasteiger partial charge in [0, 0.05) is 25.2 Å². The highest BCUT2D eigenvalue weighted by molar-refractivity contribution is 5.95. The van der Waals surface area contributed by atoms with Crippen molar-refractivity contribution in [2.45, 2.75) is 32.6 Å². The summed E-state index contributed by atoms with van der Waals surface area (Å²) in [5.74, 6) is -0.186. The predicted octanol–water partition coefficient (Wildman–Crippen LogP) is 2.95. The van der Waals surface area contributed by atoms with E-state index in [-0.39, 0.29) is 17.0 Å². The smallest absolute Gasteiger partial charge is 0.292 e. The highest BCUT2D eigenvalue weighted by Gasteiger charge is 2.29. The number of hydrogen-bond acceptors (Lipinski definition) is 4. The summed E-state index contributed by atoms with van der Waals surface area (Å²) >= 11 is 0. The number of nitro benzene ring substituents is 1. The van der Waals surface area contributed by atoms with Crippen molar-refractivity contribution in [1.29, 1.82) is 0 Å². The zero-order chi connectivity index (χ0) is 15.5. The average molecular weight is 291 g/mol. The van der Waals surface area contributed by atoms with Crippen molar-refractivity contribution in [3.8, 4) is 0 Å². The molecule has 0 atom stereocenters. The van der Waals surface area contributed by atoms with Crippen LogP contribution in [0, 0.1) is 15.5 Å². The molecule has 0 aliphatic heterocycles. The summed E-state index contributed by atoms with van der Waals surface area (Å²) in [4.78, 5) is 22.6. The van der Waals surface area contributed by atoms with Gasteiger partial charge in [0.05, 0.1) is 4.92 Å². The molecule has 1 fully saturated rings. The Morgan fingerprint density at radius 1 is 1.38 bits per heavy atom. The summed E-state index contributed by atoms with van der Waals surface area (Å²) in [5.41, 5.74) is 0.936. The van der Waals surface area contributed by atoms with Crippen molar-refractivity contribution < 1.29 is 9.72 Å². The Morgan fingerprint density at radius 3 is 2.62 bits per heavy atom. The number of nitro groups is 1. The molecule has 2 N–H and O–H groups in total. The van der Waals surface area contributed by atoms with E-state index in [0.717, 1.165) is 12.8 Å². The number of nitrogens with zero attached hydrogens (tertiary/aromatic N) is 1. The normalized spacial score (nSPS) is 16.5. The maximum absolute atomic E-state index is 12.2. The number of amides is 1. The topological polar surface area (TPSA) is 84.3 Å². The predicted molar refractivity (Wildman–Crippen MR) is 81.6 cm³/mol. The van der Waals surface area contributed by atoms with E-state index < -0.39 is 4.92 Å². The van der Waals surface area contributed by atoms with Crippen molar-refractivity contribution in [3.63, 3.8) is 0 Å². The van der Waals surface area contributed by atoms with Crippen LogP contribution in [-0.2, 0) is 0 Å². The Balaban J connectivity index is 2.07. The molecule has 6 heteroatoms. The molecule has 114 valence electrons. The van der Waals surface area contributed by atoms with Gasteiger partial charge in [-0.05, 0) is 30.4 Å². The Bertz CT molecular complexity index is 551. The molecule has 1 aliphatic carbocycles. The highest BCUT2D eigenvalue weighted by atomic mass is 16.6. The first-order valence-electron chi connectivity index (χ1n) is 7.20. The largest absolute Gasteiger partial charge is 0.383 e. The van der Waals surface area contributed by atoms with Gasteiger partial charge in [0.2, 0.25) is 0 Å². The highest BCUT2D eigenvalue weighted by Crippen LogP contribution is 2.36. The summed E-state index contributed by atoms with van der Waals surface area (Å²) in [5, 5.41) is 16.6. The standard InChI is InChI=1S/C15H21N3O3/c1-15(7-3-4-8-15)10-17-14(19)11-5-6-13(18(20)21)12(9-11)16-2/h5-6,9,16H,3-4,7-8,10H2,1-2H3,(H,17,19). The fourth-order valence-electron chi connectivity index (χ4n) is 2.84. The fourth-order valence-corrected chi connectivity index (χ4v) is 2.84. The van der Waals surface area contributed by atoms with E-state index in [2.05, 4.69) is 17.6 Å². The summed E-state index contributed by atoms with van der Waals surface area (Å²) < 4.78 is 0. The van der Waals surface area contributed by atoms with Gasteiger partial charge in [-0.15, -0.1) is 0 Å². The third-order valence-electron chi connectivity index (χ3n) is 4.21. The van der Waals surface area contributed by atoms with E-state index >= 15 is 0 Å². The lowest BCUT2D eigenvalue weighted by molar-refractivity contribution is -0.383. The Morgan fingerprint density at radius 2 is 2.05 bits per heavy atom. The lowest BCUT2D eigenvalue weighted by atomic mass is 9.89. The number of anilines is 1. The molecule has 0 heterocycles. The maximum atomic E-state index is 12.2. The molecule has 1 aromatic carbocycles. The molecular formula is C15H21N3O3. The average Bonchev–Trinajstić information content (AvgIpc) is 2.91. The van der Waals surface area contributed by atoms with Crippen molar-refractivity contribution in [2.75, 3.05) is 18.9 Å². The van der Waals surface area contributed by atoms with Crippen molar-refractivity contribution in [1.82, 2.24) is 5.32 Å². The maximum Gasteiger partial charge on any atom is 0.292 e. The minimum atomic E-state index is -0.465. The second kappa shape index (κ2) is 6.11. The van der Waals surface area contributed by atoms with Crippen LogP contribution in [0.5, 0.6) is 0 Å². The fraction of sp³-hybridized carbons (Fsp3) is 0.533. The molecule has 6 nitrogen and oxygen atoms in total. The lowest BCUT2D eigenvalue weighted by Crippen LogP contribution is -2.34. The van der Waals surface area contributed by atoms with Gasteiger partial charge in [-0.3, -0.25) is 14.9 Å². The van der Waals surface area contributed by atoms with Crippen LogP contribution >= 0.6 is 0 Å². The van der Waals surface area contributed by atoms with Crippen LogP contribution in [0.25, 0.3) is 0 Å². The van der Waals surface area contributed by atoms with E-state index in [1.165, 1.54) is 31.0 Å². The van der Waals surface area contributed by atoms with Gasteiger partial charge in [-0.2, -0.15) is 0 Å². The van der Waals surface area contributed by atoms with Crippen molar-refractivity contribution in [2.24, 2.45) is 5.41 Å². The van der Waals surface area contributed by atoms with Gasteiger partial charge in [0.25, 0.3) is 11.6 Å². The molecule has 0 bridgehead atoms. The number of benzene rings is 1. The van der Waals surface area contributed by atoms with Crippen LogP contribution in [0.15, 0.2) is 18.2 Å². The number of hydrogen-bond donors (Lipinski definition) is 2. The minimum absolute atomic E-state index is 0.0307. The van der Waals surface area contributed by atoms with Crippen LogP contribution in [0.3, 0.4) is 0 Å². The van der Waals surface area contributed by atoms with Gasteiger partial charge in [-0.25, -0.2) is 0 Å². The first-order chi connectivity index (χ1) is 9.95. The van der Waals surface area contributed by atoms with Gasteiger partial charge in [0.15, 0.2) is 0 Å². The second-order valence-electron chi connectivity index (χ2n) is 5.94. The Kier molecular flexibility index (Phi) is 4.45. The molecule has 1 saturated carbocycles. The number of rotatable bonds is 5. The molecule has 2 rings (SSSR count). The third kappa shape index (κ3) is 3.51. The van der Waals surface area contributed by atoms with E-state index in [0.29, 0.717) is 17.8 Å². The quantitative estimate of drug-likeness (QED) is 0.645. The summed E-state index contributed by atoms with van der Waals surface area (Å²) in [6.07, 6.45) is 4.70. The summed E-state index contributed by atoms with van der Waals surface area (Å²) in [6.45, 7) is 2.84. The summed E-state index contributed by atoms with van der Waals surface area (Å²) in [6, 6.07) is 4.37. The second-order valence-corrected chi connectivity index (χ2v) is 5.94. The number of nitrogens with one attached hydrogen (secondary N) is 2. The van der Waals surface area contributed by atoms with Crippen molar-refractivity contribution >= 4 is 17.3 Å². The zero-order valence-electron chi connectivity index (χ0n) is 12.4. The van der Waals surface area contributed by atoms with Gasteiger partial charge >= 0.3 is 0 Å². The van der Waals surface area contributed by atoms with Crippen molar-refractivity contribution in [3.05, 3.63) is 33.9 Å².